The highest BCUT2D eigenvalue weighted by atomic mass is 16.5. The number of piperidine rings is 1. The second kappa shape index (κ2) is 7.90. The number of amides is 2. The molecule has 4 rings (SSSR count). The van der Waals surface area contributed by atoms with Crippen LogP contribution in [-0.4, -0.2) is 55.4 Å². The summed E-state index contributed by atoms with van der Waals surface area (Å²) in [5.41, 5.74) is 2.62. The SMILES string of the molecule is COc1ccccc1-c1cccc(C(=O)N(C)[C@@H]2C[C@@H]3CC(=O)N(C)C[C@@H]3C2)c1. The number of rotatable bonds is 4. The largest absolute Gasteiger partial charge is 0.496 e. The predicted octanol–water partition coefficient (Wildman–Crippen LogP) is 3.69. The van der Waals surface area contributed by atoms with E-state index in [1.807, 2.05) is 72.4 Å². The lowest BCUT2D eigenvalue weighted by molar-refractivity contribution is -0.134. The van der Waals surface area contributed by atoms with Crippen LogP contribution < -0.4 is 4.74 Å². The van der Waals surface area contributed by atoms with Crippen LogP contribution in [0.15, 0.2) is 48.5 Å². The van der Waals surface area contributed by atoms with E-state index in [2.05, 4.69) is 0 Å². The number of carbonyl (C=O) groups excluding carboxylic acids is 2. The molecule has 0 N–H and O–H groups in total. The first-order valence-electron chi connectivity index (χ1n) is 10.2. The smallest absolute Gasteiger partial charge is 0.253 e. The topological polar surface area (TPSA) is 49.9 Å². The summed E-state index contributed by atoms with van der Waals surface area (Å²) in [6.45, 7) is 0.811. The predicted molar refractivity (Wildman–Crippen MR) is 113 cm³/mol. The Kier molecular flexibility index (Phi) is 5.31. The van der Waals surface area contributed by atoms with Crippen LogP contribution in [-0.2, 0) is 4.79 Å². The molecule has 2 aromatic rings. The van der Waals surface area contributed by atoms with Crippen molar-refractivity contribution in [3.05, 3.63) is 54.1 Å². The molecule has 0 bridgehead atoms. The average molecular weight is 392 g/mol. The summed E-state index contributed by atoms with van der Waals surface area (Å²) in [6, 6.07) is 15.8. The van der Waals surface area contributed by atoms with Gasteiger partial charge in [0.1, 0.15) is 5.75 Å². The number of hydrogen-bond acceptors (Lipinski definition) is 3. The summed E-state index contributed by atoms with van der Waals surface area (Å²) in [5.74, 6) is 1.95. The van der Waals surface area contributed by atoms with Crippen LogP contribution in [0.3, 0.4) is 0 Å². The number of ether oxygens (including phenoxy) is 1. The molecule has 152 valence electrons. The van der Waals surface area contributed by atoms with Crippen molar-refractivity contribution in [3.8, 4) is 16.9 Å². The third kappa shape index (κ3) is 3.74. The maximum absolute atomic E-state index is 13.2. The van der Waals surface area contributed by atoms with Gasteiger partial charge in [-0.3, -0.25) is 9.59 Å². The molecule has 0 spiro atoms. The molecule has 0 aromatic heterocycles. The van der Waals surface area contributed by atoms with Gasteiger partial charge in [0.25, 0.3) is 5.91 Å². The van der Waals surface area contributed by atoms with Crippen molar-refractivity contribution in [2.75, 3.05) is 27.7 Å². The fourth-order valence-corrected chi connectivity index (χ4v) is 4.88. The first-order chi connectivity index (χ1) is 14.0. The standard InChI is InChI=1S/C24H28N2O3/c1-25-15-19-13-20(12-18(19)14-23(25)27)26(2)24(28)17-8-6-7-16(11-17)21-9-4-5-10-22(21)29-3/h4-11,18-20H,12-15H2,1-3H3/t18-,19+,20-/m1/s1. The zero-order chi connectivity index (χ0) is 20.5. The van der Waals surface area contributed by atoms with Crippen LogP contribution in [0.1, 0.15) is 29.6 Å². The Morgan fingerprint density at radius 3 is 2.66 bits per heavy atom. The average Bonchev–Trinajstić information content (AvgIpc) is 3.15. The lowest BCUT2D eigenvalue weighted by Gasteiger charge is -2.31. The summed E-state index contributed by atoms with van der Waals surface area (Å²) in [6.07, 6.45) is 2.50. The van der Waals surface area contributed by atoms with E-state index in [1.54, 1.807) is 7.11 Å². The number of fused-ring (bicyclic) bond motifs is 1. The summed E-state index contributed by atoms with van der Waals surface area (Å²) in [7, 11) is 5.43. The molecule has 0 radical (unpaired) electrons. The molecule has 3 atom stereocenters. The van der Waals surface area contributed by atoms with Crippen molar-refractivity contribution in [3.63, 3.8) is 0 Å². The number of para-hydroxylation sites is 1. The van der Waals surface area contributed by atoms with Crippen molar-refractivity contribution in [2.45, 2.75) is 25.3 Å². The highest BCUT2D eigenvalue weighted by Gasteiger charge is 2.42. The van der Waals surface area contributed by atoms with E-state index in [0.717, 1.165) is 36.3 Å². The molecule has 1 aliphatic heterocycles. The molecule has 0 unspecified atom stereocenters. The van der Waals surface area contributed by atoms with E-state index in [9.17, 15) is 9.59 Å². The van der Waals surface area contributed by atoms with Gasteiger partial charge in [0, 0.05) is 44.2 Å². The second-order valence-electron chi connectivity index (χ2n) is 8.32. The molecular formula is C24H28N2O3. The third-order valence-corrected chi connectivity index (χ3v) is 6.58. The molecule has 29 heavy (non-hydrogen) atoms. The first-order valence-corrected chi connectivity index (χ1v) is 10.2. The molecular weight excluding hydrogens is 364 g/mol. The van der Waals surface area contributed by atoms with Gasteiger partial charge in [0.2, 0.25) is 5.91 Å². The first kappa shape index (κ1) is 19.5. The minimum atomic E-state index is 0.0325. The van der Waals surface area contributed by atoms with E-state index in [4.69, 9.17) is 4.74 Å². The molecule has 2 fully saturated rings. The zero-order valence-electron chi connectivity index (χ0n) is 17.3. The van der Waals surface area contributed by atoms with E-state index >= 15 is 0 Å². The Morgan fingerprint density at radius 1 is 1.10 bits per heavy atom. The van der Waals surface area contributed by atoms with Crippen molar-refractivity contribution in [1.29, 1.82) is 0 Å². The monoisotopic (exact) mass is 392 g/mol. The van der Waals surface area contributed by atoms with Crippen molar-refractivity contribution < 1.29 is 14.3 Å². The Morgan fingerprint density at radius 2 is 1.86 bits per heavy atom. The number of carbonyl (C=O) groups is 2. The van der Waals surface area contributed by atoms with E-state index in [0.29, 0.717) is 23.8 Å². The number of hydrogen-bond donors (Lipinski definition) is 0. The number of likely N-dealkylation sites (tertiary alicyclic amines) is 1. The van der Waals surface area contributed by atoms with Gasteiger partial charge in [-0.15, -0.1) is 0 Å². The second-order valence-corrected chi connectivity index (χ2v) is 8.32. The van der Waals surface area contributed by atoms with Crippen LogP contribution in [0, 0.1) is 11.8 Å². The van der Waals surface area contributed by atoms with Crippen LogP contribution in [0.2, 0.25) is 0 Å². The van der Waals surface area contributed by atoms with Gasteiger partial charge < -0.3 is 14.5 Å². The van der Waals surface area contributed by atoms with Gasteiger partial charge >= 0.3 is 0 Å². The minimum absolute atomic E-state index is 0.0325. The fraction of sp³-hybridized carbons (Fsp3) is 0.417. The van der Waals surface area contributed by atoms with Crippen molar-refractivity contribution in [1.82, 2.24) is 9.80 Å². The van der Waals surface area contributed by atoms with Crippen LogP contribution in [0.4, 0.5) is 0 Å². The molecule has 1 saturated heterocycles. The lowest BCUT2D eigenvalue weighted by Crippen LogP contribution is -2.39. The summed E-state index contributed by atoms with van der Waals surface area (Å²) in [5, 5.41) is 0. The zero-order valence-corrected chi connectivity index (χ0v) is 17.3. The van der Waals surface area contributed by atoms with E-state index in [-0.39, 0.29) is 17.9 Å². The number of methoxy groups -OCH3 is 1. The quantitative estimate of drug-likeness (QED) is 0.797. The van der Waals surface area contributed by atoms with Gasteiger partial charge in [0.15, 0.2) is 0 Å². The number of benzene rings is 2. The van der Waals surface area contributed by atoms with Gasteiger partial charge in [-0.2, -0.15) is 0 Å². The van der Waals surface area contributed by atoms with Crippen molar-refractivity contribution >= 4 is 11.8 Å². The maximum atomic E-state index is 13.2. The van der Waals surface area contributed by atoms with Gasteiger partial charge in [-0.1, -0.05) is 30.3 Å². The van der Waals surface area contributed by atoms with Crippen LogP contribution in [0.5, 0.6) is 5.75 Å². The highest BCUT2D eigenvalue weighted by Crippen LogP contribution is 2.40. The summed E-state index contributed by atoms with van der Waals surface area (Å²) >= 11 is 0. The van der Waals surface area contributed by atoms with Crippen molar-refractivity contribution in [2.24, 2.45) is 11.8 Å². The van der Waals surface area contributed by atoms with Gasteiger partial charge in [-0.25, -0.2) is 0 Å². The van der Waals surface area contributed by atoms with Gasteiger partial charge in [0.05, 0.1) is 7.11 Å². The third-order valence-electron chi connectivity index (χ3n) is 6.58. The van der Waals surface area contributed by atoms with Gasteiger partial charge in [-0.05, 0) is 48.4 Å². The Bertz CT molecular complexity index is 926. The van der Waals surface area contributed by atoms with Crippen LogP contribution >= 0.6 is 0 Å². The summed E-state index contributed by atoms with van der Waals surface area (Å²) in [4.78, 5) is 29.0. The van der Waals surface area contributed by atoms with E-state index in [1.165, 1.54) is 0 Å². The highest BCUT2D eigenvalue weighted by molar-refractivity contribution is 5.95. The Balaban J connectivity index is 1.52. The van der Waals surface area contributed by atoms with E-state index < -0.39 is 0 Å². The molecule has 1 aliphatic carbocycles. The molecule has 5 heteroatoms. The Labute approximate surface area is 172 Å². The lowest BCUT2D eigenvalue weighted by atomic mass is 9.88. The maximum Gasteiger partial charge on any atom is 0.253 e. The minimum Gasteiger partial charge on any atom is -0.496 e. The molecule has 2 aliphatic rings. The fourth-order valence-electron chi connectivity index (χ4n) is 4.88. The normalized spacial score (nSPS) is 23.6. The Hall–Kier alpha value is -2.82. The molecule has 2 aromatic carbocycles. The summed E-state index contributed by atoms with van der Waals surface area (Å²) < 4.78 is 5.47. The molecule has 1 saturated carbocycles. The molecule has 2 amide bonds. The number of nitrogens with zero attached hydrogens (tertiary/aromatic N) is 2. The molecule has 5 nitrogen and oxygen atoms in total. The van der Waals surface area contributed by atoms with Crippen LogP contribution in [0.25, 0.3) is 11.1 Å². The molecule has 1 heterocycles.